The molecule has 0 spiro atoms. The minimum Gasteiger partial charge on any atom is -0.257 e. The Kier molecular flexibility index (Phi) is 2.42. The first-order valence-electron chi connectivity index (χ1n) is 3.64. The molecule has 1 heterocycles. The van der Waals surface area contributed by atoms with E-state index < -0.39 is 0 Å². The number of hydrogen-bond acceptors (Lipinski definition) is 4. The van der Waals surface area contributed by atoms with Crippen LogP contribution in [0, 0.1) is 17.0 Å². The summed E-state index contributed by atoms with van der Waals surface area (Å²) in [7, 11) is 0. The van der Waals surface area contributed by atoms with Crippen LogP contribution in [-0.2, 0) is 0 Å². The highest BCUT2D eigenvalue weighted by atomic mass is 32.1. The van der Waals surface area contributed by atoms with Gasteiger partial charge in [0.15, 0.2) is 0 Å². The van der Waals surface area contributed by atoms with Crippen molar-refractivity contribution in [1.82, 2.24) is 4.98 Å². The average molecular weight is 186 g/mol. The fraction of sp³-hybridized carbons (Fsp3) is 0.571. The summed E-state index contributed by atoms with van der Waals surface area (Å²) in [6.45, 7) is 5.59. The van der Waals surface area contributed by atoms with Crippen molar-refractivity contribution in [2.24, 2.45) is 0 Å². The van der Waals surface area contributed by atoms with Gasteiger partial charge in [-0.25, -0.2) is 4.98 Å². The quantitative estimate of drug-likeness (QED) is 0.526. The number of aryl methyl sites for hydroxylation is 1. The maximum atomic E-state index is 10.5. The summed E-state index contributed by atoms with van der Waals surface area (Å²) < 4.78 is 0. The second-order valence-electron chi connectivity index (χ2n) is 2.84. The van der Waals surface area contributed by atoms with Gasteiger partial charge >= 0.3 is 5.00 Å². The molecule has 1 aromatic heterocycles. The summed E-state index contributed by atoms with van der Waals surface area (Å²) in [5.41, 5.74) is 0.600. The van der Waals surface area contributed by atoms with Crippen molar-refractivity contribution in [3.05, 3.63) is 20.8 Å². The smallest absolute Gasteiger partial charge is 0.257 e. The zero-order valence-corrected chi connectivity index (χ0v) is 8.01. The Hall–Kier alpha value is -0.970. The van der Waals surface area contributed by atoms with E-state index in [0.717, 1.165) is 16.3 Å². The molecule has 1 aromatic rings. The van der Waals surface area contributed by atoms with Crippen LogP contribution in [0.4, 0.5) is 5.00 Å². The third-order valence-electron chi connectivity index (χ3n) is 1.45. The first-order valence-corrected chi connectivity index (χ1v) is 4.45. The van der Waals surface area contributed by atoms with Crippen molar-refractivity contribution in [2.45, 2.75) is 26.7 Å². The van der Waals surface area contributed by atoms with Crippen molar-refractivity contribution in [3.63, 3.8) is 0 Å². The van der Waals surface area contributed by atoms with Crippen molar-refractivity contribution in [3.8, 4) is 0 Å². The van der Waals surface area contributed by atoms with Crippen LogP contribution in [0.3, 0.4) is 0 Å². The minimum absolute atomic E-state index is 0.121. The SMILES string of the molecule is Cc1nc(C(C)C)c([N+](=O)[O-])s1. The van der Waals surface area contributed by atoms with E-state index in [1.54, 1.807) is 6.92 Å². The minimum atomic E-state index is -0.361. The van der Waals surface area contributed by atoms with E-state index in [9.17, 15) is 10.1 Å². The summed E-state index contributed by atoms with van der Waals surface area (Å²) in [6.07, 6.45) is 0. The lowest BCUT2D eigenvalue weighted by Crippen LogP contribution is -1.94. The Morgan fingerprint density at radius 2 is 2.17 bits per heavy atom. The van der Waals surface area contributed by atoms with Crippen LogP contribution in [0.1, 0.15) is 30.5 Å². The zero-order chi connectivity index (χ0) is 9.30. The molecule has 0 aliphatic rings. The molecule has 1 rings (SSSR count). The van der Waals surface area contributed by atoms with Gasteiger partial charge in [0, 0.05) is 5.92 Å². The summed E-state index contributed by atoms with van der Waals surface area (Å²) in [5.74, 6) is 0.121. The van der Waals surface area contributed by atoms with Gasteiger partial charge in [0.1, 0.15) is 5.69 Å². The van der Waals surface area contributed by atoms with Crippen LogP contribution in [0.15, 0.2) is 0 Å². The molecule has 4 nitrogen and oxygen atoms in total. The van der Waals surface area contributed by atoms with Gasteiger partial charge in [-0.2, -0.15) is 0 Å². The number of nitro groups is 1. The van der Waals surface area contributed by atoms with Crippen LogP contribution < -0.4 is 0 Å². The number of thiazole rings is 1. The molecular weight excluding hydrogens is 176 g/mol. The van der Waals surface area contributed by atoms with Crippen LogP contribution in [0.2, 0.25) is 0 Å². The molecule has 0 atom stereocenters. The molecule has 0 fully saturated rings. The second-order valence-corrected chi connectivity index (χ2v) is 4.02. The molecule has 66 valence electrons. The van der Waals surface area contributed by atoms with E-state index >= 15 is 0 Å². The fourth-order valence-electron chi connectivity index (χ4n) is 0.939. The number of rotatable bonds is 2. The lowest BCUT2D eigenvalue weighted by Gasteiger charge is -1.96. The third kappa shape index (κ3) is 1.61. The Bertz CT molecular complexity index is 306. The van der Waals surface area contributed by atoms with Gasteiger partial charge in [-0.15, -0.1) is 0 Å². The van der Waals surface area contributed by atoms with Gasteiger partial charge in [0.2, 0.25) is 0 Å². The largest absolute Gasteiger partial charge is 0.347 e. The first kappa shape index (κ1) is 9.12. The maximum Gasteiger partial charge on any atom is 0.347 e. The van der Waals surface area contributed by atoms with E-state index in [2.05, 4.69) is 4.98 Å². The monoisotopic (exact) mass is 186 g/mol. The Labute approximate surface area is 74.4 Å². The molecule has 0 aliphatic heterocycles. The summed E-state index contributed by atoms with van der Waals surface area (Å²) in [4.78, 5) is 14.3. The Morgan fingerprint density at radius 3 is 2.50 bits per heavy atom. The predicted molar refractivity (Wildman–Crippen MR) is 47.6 cm³/mol. The van der Waals surface area contributed by atoms with E-state index in [1.165, 1.54) is 0 Å². The first-order chi connectivity index (χ1) is 5.52. The van der Waals surface area contributed by atoms with Crippen molar-refractivity contribution < 1.29 is 4.92 Å². The highest BCUT2D eigenvalue weighted by Crippen LogP contribution is 2.31. The normalized spacial score (nSPS) is 10.7. The molecular formula is C7H10N2O2S. The molecule has 0 radical (unpaired) electrons. The molecule has 0 aromatic carbocycles. The third-order valence-corrected chi connectivity index (χ3v) is 2.39. The molecule has 0 unspecified atom stereocenters. The number of aromatic nitrogens is 1. The highest BCUT2D eigenvalue weighted by molar-refractivity contribution is 7.15. The van der Waals surface area contributed by atoms with Crippen molar-refractivity contribution in [2.75, 3.05) is 0 Å². The molecule has 12 heavy (non-hydrogen) atoms. The van der Waals surface area contributed by atoms with Gasteiger partial charge in [-0.05, 0) is 18.3 Å². The van der Waals surface area contributed by atoms with Crippen LogP contribution >= 0.6 is 11.3 Å². The van der Waals surface area contributed by atoms with E-state index in [4.69, 9.17) is 0 Å². The Balaban J connectivity index is 3.17. The van der Waals surface area contributed by atoms with Crippen molar-refractivity contribution in [1.29, 1.82) is 0 Å². The molecule has 0 saturated heterocycles. The molecule has 0 saturated carbocycles. The second kappa shape index (κ2) is 3.18. The number of nitrogens with zero attached hydrogens (tertiary/aromatic N) is 2. The van der Waals surface area contributed by atoms with Gasteiger partial charge in [0.25, 0.3) is 0 Å². The standard InChI is InChI=1S/C7H10N2O2S/c1-4(2)6-7(9(10)11)12-5(3)8-6/h4H,1-3H3. The zero-order valence-electron chi connectivity index (χ0n) is 7.20. The molecule has 0 N–H and O–H groups in total. The summed E-state index contributed by atoms with van der Waals surface area (Å²) in [6, 6.07) is 0. The average Bonchev–Trinajstić information content (AvgIpc) is 2.31. The lowest BCUT2D eigenvalue weighted by atomic mass is 10.1. The maximum absolute atomic E-state index is 10.5. The van der Waals surface area contributed by atoms with Gasteiger partial charge in [-0.3, -0.25) is 10.1 Å². The van der Waals surface area contributed by atoms with Gasteiger partial charge in [-0.1, -0.05) is 13.8 Å². The van der Waals surface area contributed by atoms with Crippen LogP contribution in [0.25, 0.3) is 0 Å². The van der Waals surface area contributed by atoms with Crippen molar-refractivity contribution >= 4 is 16.3 Å². The predicted octanol–water partition coefficient (Wildman–Crippen LogP) is 2.48. The van der Waals surface area contributed by atoms with E-state index in [-0.39, 0.29) is 15.8 Å². The van der Waals surface area contributed by atoms with E-state index in [1.807, 2.05) is 13.8 Å². The topological polar surface area (TPSA) is 56.0 Å². The summed E-state index contributed by atoms with van der Waals surface area (Å²) in [5, 5.41) is 11.5. The highest BCUT2D eigenvalue weighted by Gasteiger charge is 2.21. The van der Waals surface area contributed by atoms with E-state index in [0.29, 0.717) is 5.69 Å². The molecule has 0 bridgehead atoms. The number of hydrogen-bond donors (Lipinski definition) is 0. The molecule has 0 aliphatic carbocycles. The lowest BCUT2D eigenvalue weighted by molar-refractivity contribution is -0.381. The fourth-order valence-corrected chi connectivity index (χ4v) is 1.82. The Morgan fingerprint density at radius 1 is 1.58 bits per heavy atom. The molecule has 0 amide bonds. The van der Waals surface area contributed by atoms with Crippen LogP contribution in [0.5, 0.6) is 0 Å². The van der Waals surface area contributed by atoms with Gasteiger partial charge in [0.05, 0.1) is 9.93 Å². The summed E-state index contributed by atoms with van der Waals surface area (Å²) >= 11 is 1.14. The van der Waals surface area contributed by atoms with Gasteiger partial charge < -0.3 is 0 Å². The molecule has 5 heteroatoms. The van der Waals surface area contributed by atoms with Crippen LogP contribution in [-0.4, -0.2) is 9.91 Å².